The van der Waals surface area contributed by atoms with E-state index in [2.05, 4.69) is 15.3 Å². The van der Waals surface area contributed by atoms with Gasteiger partial charge in [-0.25, -0.2) is 0 Å². The average Bonchev–Trinajstić information content (AvgIpc) is 2.30. The van der Waals surface area contributed by atoms with Crippen LogP contribution in [0.3, 0.4) is 0 Å². The number of nitrogens with zero attached hydrogens (tertiary/aromatic N) is 3. The third-order valence-electron chi connectivity index (χ3n) is 2.68. The van der Waals surface area contributed by atoms with Crippen LogP contribution in [0.1, 0.15) is 12.8 Å². The molecule has 0 saturated carbocycles. The lowest BCUT2D eigenvalue weighted by Crippen LogP contribution is -2.48. The molecule has 1 fully saturated rings. The van der Waals surface area contributed by atoms with Gasteiger partial charge in [0.1, 0.15) is 0 Å². The van der Waals surface area contributed by atoms with Gasteiger partial charge in [-0.3, -0.25) is 4.79 Å². The molecule has 0 spiro atoms. The van der Waals surface area contributed by atoms with Gasteiger partial charge in [0.25, 0.3) is 0 Å². The molecule has 7 nitrogen and oxygen atoms in total. The molecule has 1 rings (SSSR count). The minimum Gasteiger partial charge on any atom is -0.381 e. The summed E-state index contributed by atoms with van der Waals surface area (Å²) in [7, 11) is 0. The maximum absolute atomic E-state index is 11.3. The van der Waals surface area contributed by atoms with Crippen LogP contribution in [0.15, 0.2) is 5.11 Å². The summed E-state index contributed by atoms with van der Waals surface area (Å²) in [6.07, 6.45) is 1.67. The first kappa shape index (κ1) is 12.8. The van der Waals surface area contributed by atoms with Crippen LogP contribution in [0, 0.1) is 5.92 Å². The molecular weight excluding hydrogens is 210 g/mol. The number of carbonyl (C=O) groups is 1. The van der Waals surface area contributed by atoms with E-state index in [1.165, 1.54) is 0 Å². The minimum absolute atomic E-state index is 0.220. The molecule has 16 heavy (non-hydrogen) atoms. The number of rotatable bonds is 6. The number of hydrogen-bond acceptors (Lipinski definition) is 4. The van der Waals surface area contributed by atoms with Crippen molar-refractivity contribution in [3.8, 4) is 0 Å². The Morgan fingerprint density at radius 2 is 2.31 bits per heavy atom. The number of azide groups is 1. The molecule has 1 unspecified atom stereocenters. The fraction of sp³-hybridized carbons (Fsp3) is 0.889. The average molecular weight is 227 g/mol. The van der Waals surface area contributed by atoms with Gasteiger partial charge in [-0.2, -0.15) is 0 Å². The second-order valence-corrected chi connectivity index (χ2v) is 3.74. The van der Waals surface area contributed by atoms with E-state index in [4.69, 9.17) is 16.0 Å². The molecule has 3 N–H and O–H groups in total. The molecule has 0 bridgehead atoms. The van der Waals surface area contributed by atoms with E-state index in [9.17, 15) is 4.79 Å². The SMILES string of the molecule is [N-]=[N+]=NCCNC(C(N)=O)C1CCOCC1. The van der Waals surface area contributed by atoms with Crippen molar-refractivity contribution in [3.63, 3.8) is 0 Å². The summed E-state index contributed by atoms with van der Waals surface area (Å²) in [6.45, 7) is 2.14. The monoisotopic (exact) mass is 227 g/mol. The molecule has 90 valence electrons. The van der Waals surface area contributed by atoms with Gasteiger partial charge >= 0.3 is 0 Å². The van der Waals surface area contributed by atoms with E-state index in [-0.39, 0.29) is 17.9 Å². The van der Waals surface area contributed by atoms with Crippen LogP contribution in [0.25, 0.3) is 10.4 Å². The number of nitrogens with two attached hydrogens (primary N) is 1. The molecule has 1 aliphatic rings. The highest BCUT2D eigenvalue weighted by atomic mass is 16.5. The Bertz CT molecular complexity index is 271. The highest BCUT2D eigenvalue weighted by molar-refractivity contribution is 5.80. The summed E-state index contributed by atoms with van der Waals surface area (Å²) >= 11 is 0. The van der Waals surface area contributed by atoms with Crippen LogP contribution in [-0.2, 0) is 9.53 Å². The zero-order chi connectivity index (χ0) is 11.8. The molecule has 0 radical (unpaired) electrons. The van der Waals surface area contributed by atoms with E-state index in [1.54, 1.807) is 0 Å². The Morgan fingerprint density at radius 3 is 2.88 bits per heavy atom. The standard InChI is InChI=1S/C9H17N5O2/c10-9(15)8(12-3-4-13-14-11)7-1-5-16-6-2-7/h7-8,12H,1-6H2,(H2,10,15). The van der Waals surface area contributed by atoms with Gasteiger partial charge in [0.2, 0.25) is 5.91 Å². The molecule has 0 aromatic rings. The second kappa shape index (κ2) is 7.05. The largest absolute Gasteiger partial charge is 0.381 e. The van der Waals surface area contributed by atoms with Crippen molar-refractivity contribution in [1.29, 1.82) is 0 Å². The maximum atomic E-state index is 11.3. The fourth-order valence-electron chi connectivity index (χ4n) is 1.86. The van der Waals surface area contributed by atoms with Gasteiger partial charge in [0, 0.05) is 31.2 Å². The smallest absolute Gasteiger partial charge is 0.234 e. The zero-order valence-electron chi connectivity index (χ0n) is 9.13. The number of nitrogens with one attached hydrogen (secondary N) is 1. The lowest BCUT2D eigenvalue weighted by atomic mass is 9.91. The third kappa shape index (κ3) is 4.06. The molecule has 7 heteroatoms. The van der Waals surface area contributed by atoms with Crippen LogP contribution < -0.4 is 11.1 Å². The molecule has 0 aromatic carbocycles. The Hall–Kier alpha value is -1.30. The number of hydrogen-bond donors (Lipinski definition) is 2. The van der Waals surface area contributed by atoms with Crippen LogP contribution in [0.2, 0.25) is 0 Å². The number of amides is 1. The van der Waals surface area contributed by atoms with Gasteiger partial charge in [-0.05, 0) is 24.3 Å². The molecule has 0 aromatic heterocycles. The predicted molar refractivity (Wildman–Crippen MR) is 58.5 cm³/mol. The van der Waals surface area contributed by atoms with Crippen LogP contribution in [-0.4, -0.2) is 38.3 Å². The zero-order valence-corrected chi connectivity index (χ0v) is 9.13. The molecular formula is C9H17N5O2. The molecule has 1 amide bonds. The summed E-state index contributed by atoms with van der Waals surface area (Å²) in [5.41, 5.74) is 13.4. The van der Waals surface area contributed by atoms with Crippen LogP contribution in [0.5, 0.6) is 0 Å². The quantitative estimate of drug-likeness (QED) is 0.291. The van der Waals surface area contributed by atoms with Gasteiger partial charge < -0.3 is 15.8 Å². The van der Waals surface area contributed by atoms with Crippen molar-refractivity contribution in [1.82, 2.24) is 5.32 Å². The maximum Gasteiger partial charge on any atom is 0.234 e. The summed E-state index contributed by atoms with van der Waals surface area (Å²) in [6, 6.07) is -0.349. The minimum atomic E-state index is -0.354. The number of primary amides is 1. The Labute approximate surface area is 94.0 Å². The number of carbonyl (C=O) groups excluding carboxylic acids is 1. The summed E-state index contributed by atoms with van der Waals surface area (Å²) in [5.74, 6) is -0.134. The highest BCUT2D eigenvalue weighted by Crippen LogP contribution is 2.18. The summed E-state index contributed by atoms with van der Waals surface area (Å²) < 4.78 is 5.23. The lowest BCUT2D eigenvalue weighted by molar-refractivity contribution is -0.122. The number of ether oxygens (including phenoxy) is 1. The van der Waals surface area contributed by atoms with E-state index in [1.807, 2.05) is 0 Å². The summed E-state index contributed by atoms with van der Waals surface area (Å²) in [5, 5.41) is 6.42. The highest BCUT2D eigenvalue weighted by Gasteiger charge is 2.27. The molecule has 1 atom stereocenters. The Morgan fingerprint density at radius 1 is 1.62 bits per heavy atom. The second-order valence-electron chi connectivity index (χ2n) is 3.74. The van der Waals surface area contributed by atoms with Crippen molar-refractivity contribution in [2.24, 2.45) is 16.8 Å². The van der Waals surface area contributed by atoms with E-state index < -0.39 is 0 Å². The van der Waals surface area contributed by atoms with Crippen molar-refractivity contribution in [3.05, 3.63) is 10.4 Å². The van der Waals surface area contributed by atoms with E-state index in [0.29, 0.717) is 26.3 Å². The van der Waals surface area contributed by atoms with Gasteiger partial charge in [0.15, 0.2) is 0 Å². The first-order valence-corrected chi connectivity index (χ1v) is 5.37. The molecule has 1 saturated heterocycles. The van der Waals surface area contributed by atoms with Crippen molar-refractivity contribution in [2.75, 3.05) is 26.3 Å². The molecule has 0 aliphatic carbocycles. The Balaban J connectivity index is 2.39. The predicted octanol–water partition coefficient (Wildman–Crippen LogP) is 0.167. The van der Waals surface area contributed by atoms with Crippen LogP contribution >= 0.6 is 0 Å². The van der Waals surface area contributed by atoms with Gasteiger partial charge in [0.05, 0.1) is 6.04 Å². The normalized spacial score (nSPS) is 18.8. The first-order valence-electron chi connectivity index (χ1n) is 5.37. The van der Waals surface area contributed by atoms with Crippen LogP contribution in [0.4, 0.5) is 0 Å². The third-order valence-corrected chi connectivity index (χ3v) is 2.68. The van der Waals surface area contributed by atoms with Crippen molar-refractivity contribution < 1.29 is 9.53 Å². The first-order chi connectivity index (χ1) is 7.75. The van der Waals surface area contributed by atoms with E-state index in [0.717, 1.165) is 12.8 Å². The fourth-order valence-corrected chi connectivity index (χ4v) is 1.86. The van der Waals surface area contributed by atoms with E-state index >= 15 is 0 Å². The van der Waals surface area contributed by atoms with Crippen molar-refractivity contribution in [2.45, 2.75) is 18.9 Å². The summed E-state index contributed by atoms with van der Waals surface area (Å²) in [4.78, 5) is 13.9. The lowest BCUT2D eigenvalue weighted by Gasteiger charge is -2.28. The Kier molecular flexibility index (Phi) is 5.63. The van der Waals surface area contributed by atoms with Crippen molar-refractivity contribution >= 4 is 5.91 Å². The topological polar surface area (TPSA) is 113 Å². The molecule has 1 heterocycles. The molecule has 1 aliphatic heterocycles. The van der Waals surface area contributed by atoms with Gasteiger partial charge in [-0.1, -0.05) is 5.11 Å². The van der Waals surface area contributed by atoms with Gasteiger partial charge in [-0.15, -0.1) is 0 Å².